The minimum Gasteiger partial charge on any atom is -0.394 e. The van der Waals surface area contributed by atoms with E-state index in [0.29, 0.717) is 26.1 Å². The van der Waals surface area contributed by atoms with Gasteiger partial charge in [-0.2, -0.15) is 0 Å². The maximum absolute atomic E-state index is 15.0. The third-order valence-corrected chi connectivity index (χ3v) is 11.3. The van der Waals surface area contributed by atoms with E-state index in [2.05, 4.69) is 29.1 Å². The molecule has 2 bridgehead atoms. The van der Waals surface area contributed by atoms with Crippen LogP contribution in [0, 0.1) is 11.8 Å². The van der Waals surface area contributed by atoms with Gasteiger partial charge in [0, 0.05) is 30.5 Å². The summed E-state index contributed by atoms with van der Waals surface area (Å²) in [6.07, 6.45) is 8.26. The van der Waals surface area contributed by atoms with Crippen LogP contribution in [0.15, 0.2) is 86.0 Å². The monoisotopic (exact) mass is 689 g/mol. The van der Waals surface area contributed by atoms with E-state index in [1.165, 1.54) is 0 Å². The van der Waals surface area contributed by atoms with Crippen molar-refractivity contribution in [2.24, 2.45) is 11.8 Å². The SMILES string of the molecule is C=CCN(Cc1ccccc1)C(=O)[C@H]1[C@@H]2OC3(CC2Br)C(C(=O)N(CC=C)C2CCCCC2)N([C@H](CO)c2ccccc2)C(=O)[C@H]13. The average molecular weight is 691 g/mol. The Morgan fingerprint density at radius 3 is 2.28 bits per heavy atom. The molecule has 3 heterocycles. The normalized spacial score (nSPS) is 29.3. The molecule has 8 nitrogen and oxygen atoms in total. The second kappa shape index (κ2) is 13.8. The Morgan fingerprint density at radius 2 is 1.65 bits per heavy atom. The van der Waals surface area contributed by atoms with Crippen LogP contribution in [0.3, 0.4) is 0 Å². The van der Waals surface area contributed by atoms with Crippen molar-refractivity contribution in [3.8, 4) is 0 Å². The summed E-state index contributed by atoms with van der Waals surface area (Å²) < 4.78 is 6.85. The van der Waals surface area contributed by atoms with Gasteiger partial charge in [-0.3, -0.25) is 14.4 Å². The van der Waals surface area contributed by atoms with Crippen LogP contribution < -0.4 is 0 Å². The Kier molecular flexibility index (Phi) is 9.83. The molecule has 7 atom stereocenters. The number of benzene rings is 2. The molecule has 0 radical (unpaired) electrons. The van der Waals surface area contributed by atoms with E-state index in [4.69, 9.17) is 4.74 Å². The molecule has 1 spiro atoms. The van der Waals surface area contributed by atoms with E-state index in [0.717, 1.165) is 43.2 Å². The zero-order valence-electron chi connectivity index (χ0n) is 26.3. The first-order valence-corrected chi connectivity index (χ1v) is 17.4. The smallest absolute Gasteiger partial charge is 0.248 e. The number of hydrogen-bond donors (Lipinski definition) is 1. The number of carbonyl (C=O) groups is 3. The fourth-order valence-corrected chi connectivity index (χ4v) is 9.45. The number of aliphatic hydroxyl groups excluding tert-OH is 1. The van der Waals surface area contributed by atoms with Gasteiger partial charge in [0.15, 0.2) is 0 Å². The molecule has 1 aliphatic carbocycles. The summed E-state index contributed by atoms with van der Waals surface area (Å²) in [5.41, 5.74) is 0.470. The van der Waals surface area contributed by atoms with Gasteiger partial charge in [0.2, 0.25) is 17.7 Å². The Hall–Kier alpha value is -3.27. The molecule has 3 saturated heterocycles. The number of hydrogen-bond acceptors (Lipinski definition) is 5. The van der Waals surface area contributed by atoms with Crippen LogP contribution in [0.2, 0.25) is 0 Å². The van der Waals surface area contributed by atoms with E-state index >= 15 is 4.79 Å². The molecule has 2 aromatic rings. The highest BCUT2D eigenvalue weighted by molar-refractivity contribution is 9.09. The molecule has 4 aliphatic rings. The highest BCUT2D eigenvalue weighted by Gasteiger charge is 2.77. The summed E-state index contributed by atoms with van der Waals surface area (Å²) in [7, 11) is 0. The number of carbonyl (C=O) groups excluding carboxylic acids is 3. The van der Waals surface area contributed by atoms with Gasteiger partial charge in [-0.25, -0.2) is 0 Å². The van der Waals surface area contributed by atoms with Crippen LogP contribution in [-0.2, 0) is 25.7 Å². The number of halogens is 1. The molecule has 1 saturated carbocycles. The van der Waals surface area contributed by atoms with Crippen molar-refractivity contribution in [2.45, 2.75) is 79.7 Å². The molecule has 244 valence electrons. The van der Waals surface area contributed by atoms with Gasteiger partial charge in [-0.1, -0.05) is 108 Å². The third-order valence-electron chi connectivity index (χ3n) is 10.4. The molecule has 3 amide bonds. The van der Waals surface area contributed by atoms with Crippen molar-refractivity contribution in [3.63, 3.8) is 0 Å². The lowest BCUT2D eigenvalue weighted by Crippen LogP contribution is -2.59. The van der Waals surface area contributed by atoms with Crippen LogP contribution in [0.1, 0.15) is 55.7 Å². The number of amides is 3. The molecule has 9 heteroatoms. The van der Waals surface area contributed by atoms with Crippen LogP contribution in [0.25, 0.3) is 0 Å². The molecule has 1 N–H and O–H groups in total. The van der Waals surface area contributed by atoms with Crippen molar-refractivity contribution in [1.82, 2.24) is 14.7 Å². The van der Waals surface area contributed by atoms with Crippen LogP contribution in [0.4, 0.5) is 0 Å². The number of alkyl halides is 1. The first-order valence-electron chi connectivity index (χ1n) is 16.5. The summed E-state index contributed by atoms with van der Waals surface area (Å²) >= 11 is 3.81. The van der Waals surface area contributed by atoms with Gasteiger partial charge in [-0.05, 0) is 30.4 Å². The molecular weight excluding hydrogens is 646 g/mol. The zero-order chi connectivity index (χ0) is 32.4. The van der Waals surface area contributed by atoms with Gasteiger partial charge in [0.05, 0.1) is 30.6 Å². The van der Waals surface area contributed by atoms with E-state index in [9.17, 15) is 14.7 Å². The minimum absolute atomic E-state index is 0.0284. The van der Waals surface area contributed by atoms with Gasteiger partial charge < -0.3 is 24.5 Å². The van der Waals surface area contributed by atoms with E-state index in [1.54, 1.807) is 22.0 Å². The maximum atomic E-state index is 15.0. The molecule has 46 heavy (non-hydrogen) atoms. The molecule has 2 aromatic carbocycles. The maximum Gasteiger partial charge on any atom is 0.248 e. The van der Waals surface area contributed by atoms with Crippen molar-refractivity contribution >= 4 is 33.7 Å². The predicted molar refractivity (Wildman–Crippen MR) is 180 cm³/mol. The second-order valence-electron chi connectivity index (χ2n) is 13.1. The Bertz CT molecular complexity index is 1430. The number of likely N-dealkylation sites (tertiary alicyclic amines) is 1. The summed E-state index contributed by atoms with van der Waals surface area (Å²) in [5.74, 6) is -2.38. The van der Waals surface area contributed by atoms with E-state index < -0.39 is 35.6 Å². The van der Waals surface area contributed by atoms with Crippen LogP contribution in [-0.4, -0.2) is 85.8 Å². The molecule has 6 rings (SSSR count). The van der Waals surface area contributed by atoms with Crippen molar-refractivity contribution < 1.29 is 24.2 Å². The van der Waals surface area contributed by atoms with Crippen molar-refractivity contribution in [3.05, 3.63) is 97.1 Å². The zero-order valence-corrected chi connectivity index (χ0v) is 27.8. The van der Waals surface area contributed by atoms with Gasteiger partial charge in [0.1, 0.15) is 11.6 Å². The summed E-state index contributed by atoms with van der Waals surface area (Å²) in [6.45, 7) is 8.50. The lowest BCUT2D eigenvalue weighted by molar-refractivity contribution is -0.153. The summed E-state index contributed by atoms with van der Waals surface area (Å²) in [5, 5.41) is 10.9. The fraction of sp³-hybridized carbons (Fsp3) is 0.486. The molecule has 4 fully saturated rings. The van der Waals surface area contributed by atoms with E-state index in [-0.39, 0.29) is 35.2 Å². The van der Waals surface area contributed by atoms with Crippen molar-refractivity contribution in [2.75, 3.05) is 19.7 Å². The number of ether oxygens (including phenoxy) is 1. The predicted octanol–water partition coefficient (Wildman–Crippen LogP) is 5.03. The van der Waals surface area contributed by atoms with Gasteiger partial charge in [0.25, 0.3) is 0 Å². The second-order valence-corrected chi connectivity index (χ2v) is 14.3. The lowest BCUT2D eigenvalue weighted by Gasteiger charge is -2.42. The summed E-state index contributed by atoms with van der Waals surface area (Å²) in [4.78, 5) is 49.5. The lowest BCUT2D eigenvalue weighted by atomic mass is 9.70. The first kappa shape index (κ1) is 32.7. The summed E-state index contributed by atoms with van der Waals surface area (Å²) in [6, 6.07) is 17.3. The third kappa shape index (κ3) is 5.64. The molecule has 0 aromatic heterocycles. The van der Waals surface area contributed by atoms with Gasteiger partial charge in [-0.15, -0.1) is 13.2 Å². The minimum atomic E-state index is -1.23. The van der Waals surface area contributed by atoms with Crippen molar-refractivity contribution in [1.29, 1.82) is 0 Å². The Morgan fingerprint density at radius 1 is 1.00 bits per heavy atom. The van der Waals surface area contributed by atoms with Crippen LogP contribution >= 0.6 is 15.9 Å². The number of aliphatic hydroxyl groups is 1. The largest absolute Gasteiger partial charge is 0.394 e. The molecular formula is C37H44BrN3O5. The van der Waals surface area contributed by atoms with Crippen LogP contribution in [0.5, 0.6) is 0 Å². The fourth-order valence-electron chi connectivity index (χ4n) is 8.50. The molecule has 3 aliphatic heterocycles. The number of nitrogens with zero attached hydrogens (tertiary/aromatic N) is 3. The van der Waals surface area contributed by atoms with E-state index in [1.807, 2.05) is 65.6 Å². The Balaban J connectivity index is 1.44. The first-order chi connectivity index (χ1) is 22.4. The Labute approximate surface area is 280 Å². The highest BCUT2D eigenvalue weighted by Crippen LogP contribution is 2.61. The molecule has 3 unspecified atom stereocenters. The van der Waals surface area contributed by atoms with Gasteiger partial charge >= 0.3 is 0 Å². The standard InChI is InChI=1S/C37H44BrN3O5/c1-3-20-39(23-25-14-8-5-9-15-25)34(43)30-31-35(44)41(29(24-42)26-16-10-6-11-17-26)33(37(31)22-28(38)32(30)46-37)36(45)40(21-4-2)27-18-12-7-13-19-27/h3-6,8-11,14-17,27-33,42H,1-2,7,12-13,18-24H2/t28?,29-,30-,31+,32-,33?,37?/m1/s1. The average Bonchev–Trinajstić information content (AvgIpc) is 3.68. The quantitative estimate of drug-likeness (QED) is 0.250. The number of fused-ring (bicyclic) bond motifs is 1. The highest BCUT2D eigenvalue weighted by atomic mass is 79.9. The number of rotatable bonds is 12. The topological polar surface area (TPSA) is 90.4 Å².